The largest absolute Gasteiger partial charge is 0.467 e. The zero-order valence-electron chi connectivity index (χ0n) is 10.1. The van der Waals surface area contributed by atoms with Gasteiger partial charge in [-0.2, -0.15) is 0 Å². The fraction of sp³-hybridized carbons (Fsp3) is 0.133. The maximum atomic E-state index is 5.39. The Morgan fingerprint density at radius 1 is 1.11 bits per heavy atom. The summed E-state index contributed by atoms with van der Waals surface area (Å²) in [5.74, 6) is 1.79. The molecule has 18 heavy (non-hydrogen) atoms. The number of pyridine rings is 1. The van der Waals surface area contributed by atoms with Gasteiger partial charge in [0, 0.05) is 11.6 Å². The Hall–Kier alpha value is -2.29. The molecule has 1 unspecified atom stereocenters. The van der Waals surface area contributed by atoms with Gasteiger partial charge in [-0.3, -0.25) is 0 Å². The van der Waals surface area contributed by atoms with Gasteiger partial charge in [-0.1, -0.05) is 24.3 Å². The van der Waals surface area contributed by atoms with E-state index in [0.717, 1.165) is 17.0 Å². The Labute approximate surface area is 105 Å². The number of rotatable bonds is 3. The minimum absolute atomic E-state index is 0.0957. The van der Waals surface area contributed by atoms with Crippen molar-refractivity contribution in [3.8, 4) is 0 Å². The van der Waals surface area contributed by atoms with E-state index in [1.165, 1.54) is 5.39 Å². The molecule has 0 amide bonds. The molecule has 1 atom stereocenters. The van der Waals surface area contributed by atoms with Crippen molar-refractivity contribution in [3.63, 3.8) is 0 Å². The van der Waals surface area contributed by atoms with E-state index in [-0.39, 0.29) is 6.04 Å². The first-order valence-corrected chi connectivity index (χ1v) is 5.98. The van der Waals surface area contributed by atoms with Crippen LogP contribution in [-0.2, 0) is 0 Å². The van der Waals surface area contributed by atoms with Crippen molar-refractivity contribution in [2.24, 2.45) is 0 Å². The van der Waals surface area contributed by atoms with Crippen molar-refractivity contribution in [2.75, 3.05) is 5.32 Å². The summed E-state index contributed by atoms with van der Waals surface area (Å²) in [4.78, 5) is 4.40. The summed E-state index contributed by atoms with van der Waals surface area (Å²) < 4.78 is 5.39. The van der Waals surface area contributed by atoms with E-state index in [4.69, 9.17) is 4.42 Å². The Morgan fingerprint density at radius 3 is 2.83 bits per heavy atom. The third kappa shape index (κ3) is 1.95. The molecule has 1 N–H and O–H groups in total. The van der Waals surface area contributed by atoms with Crippen molar-refractivity contribution in [1.82, 2.24) is 4.98 Å². The smallest absolute Gasteiger partial charge is 0.134 e. The van der Waals surface area contributed by atoms with Gasteiger partial charge < -0.3 is 9.73 Å². The molecule has 0 saturated carbocycles. The molecule has 1 aromatic carbocycles. The van der Waals surface area contributed by atoms with Gasteiger partial charge in [0.15, 0.2) is 0 Å². The molecule has 0 radical (unpaired) electrons. The zero-order chi connectivity index (χ0) is 12.4. The van der Waals surface area contributed by atoms with Crippen LogP contribution in [0.4, 0.5) is 5.82 Å². The highest BCUT2D eigenvalue weighted by Crippen LogP contribution is 2.24. The molecule has 3 aromatic rings. The van der Waals surface area contributed by atoms with Gasteiger partial charge in [-0.05, 0) is 30.5 Å². The third-order valence-corrected chi connectivity index (χ3v) is 3.00. The van der Waals surface area contributed by atoms with Gasteiger partial charge in [-0.15, -0.1) is 0 Å². The van der Waals surface area contributed by atoms with Crippen LogP contribution in [0.2, 0.25) is 0 Å². The van der Waals surface area contributed by atoms with Crippen LogP contribution in [0.5, 0.6) is 0 Å². The monoisotopic (exact) mass is 238 g/mol. The molecule has 0 aliphatic carbocycles. The second-order valence-corrected chi connectivity index (χ2v) is 4.26. The van der Waals surface area contributed by atoms with Crippen molar-refractivity contribution in [1.29, 1.82) is 0 Å². The van der Waals surface area contributed by atoms with Crippen molar-refractivity contribution < 1.29 is 4.42 Å². The molecule has 0 bridgehead atoms. The molecular weight excluding hydrogens is 224 g/mol. The van der Waals surface area contributed by atoms with Gasteiger partial charge in [0.25, 0.3) is 0 Å². The van der Waals surface area contributed by atoms with Crippen LogP contribution in [0.3, 0.4) is 0 Å². The number of aromatic nitrogens is 1. The van der Waals surface area contributed by atoms with E-state index in [9.17, 15) is 0 Å². The molecule has 90 valence electrons. The highest BCUT2D eigenvalue weighted by Gasteiger charge is 2.10. The molecule has 2 aromatic heterocycles. The van der Waals surface area contributed by atoms with Crippen molar-refractivity contribution in [2.45, 2.75) is 13.0 Å². The minimum Gasteiger partial charge on any atom is -0.467 e. The average molecular weight is 238 g/mol. The van der Waals surface area contributed by atoms with Gasteiger partial charge >= 0.3 is 0 Å². The summed E-state index contributed by atoms with van der Waals surface area (Å²) in [5.41, 5.74) is 0. The van der Waals surface area contributed by atoms with E-state index >= 15 is 0 Å². The third-order valence-electron chi connectivity index (χ3n) is 3.00. The van der Waals surface area contributed by atoms with Crippen LogP contribution < -0.4 is 5.32 Å². The maximum absolute atomic E-state index is 5.39. The number of nitrogens with one attached hydrogen (secondary N) is 1. The number of hydrogen-bond donors (Lipinski definition) is 1. The molecule has 0 saturated heterocycles. The highest BCUT2D eigenvalue weighted by molar-refractivity contribution is 5.91. The fourth-order valence-electron chi connectivity index (χ4n) is 2.05. The minimum atomic E-state index is 0.0957. The standard InChI is InChI=1S/C15H14N2O/c1-11(14-7-4-10-18-14)17-15-13-6-3-2-5-12(13)8-9-16-15/h2-11H,1H3,(H,16,17). The lowest BCUT2D eigenvalue weighted by Gasteiger charge is -2.13. The van der Waals surface area contributed by atoms with E-state index in [0.29, 0.717) is 0 Å². The van der Waals surface area contributed by atoms with E-state index in [1.807, 2.05) is 36.5 Å². The topological polar surface area (TPSA) is 38.1 Å². The Bertz CT molecular complexity index is 641. The van der Waals surface area contributed by atoms with Gasteiger partial charge in [0.1, 0.15) is 11.6 Å². The summed E-state index contributed by atoms with van der Waals surface area (Å²) in [6, 6.07) is 14.2. The van der Waals surface area contributed by atoms with Crippen LogP contribution in [0.25, 0.3) is 10.8 Å². The molecule has 3 heteroatoms. The first-order valence-electron chi connectivity index (χ1n) is 5.98. The number of anilines is 1. The molecule has 0 aliphatic heterocycles. The highest BCUT2D eigenvalue weighted by atomic mass is 16.3. The van der Waals surface area contributed by atoms with Crippen LogP contribution in [0.1, 0.15) is 18.7 Å². The number of fused-ring (bicyclic) bond motifs is 1. The van der Waals surface area contributed by atoms with Crippen LogP contribution in [0.15, 0.2) is 59.3 Å². The molecule has 3 rings (SSSR count). The van der Waals surface area contributed by atoms with Crippen molar-refractivity contribution in [3.05, 3.63) is 60.7 Å². The number of nitrogens with zero attached hydrogens (tertiary/aromatic N) is 1. The number of furan rings is 1. The normalized spacial score (nSPS) is 12.5. The molecule has 0 spiro atoms. The van der Waals surface area contributed by atoms with E-state index in [1.54, 1.807) is 6.26 Å². The molecule has 3 nitrogen and oxygen atoms in total. The summed E-state index contributed by atoms with van der Waals surface area (Å²) in [6.07, 6.45) is 3.50. The first kappa shape index (κ1) is 10.8. The van der Waals surface area contributed by atoms with Gasteiger partial charge in [-0.25, -0.2) is 4.98 Å². The summed E-state index contributed by atoms with van der Waals surface area (Å²) in [5, 5.41) is 5.69. The maximum Gasteiger partial charge on any atom is 0.134 e. The average Bonchev–Trinajstić information content (AvgIpc) is 2.93. The lowest BCUT2D eigenvalue weighted by molar-refractivity contribution is 0.490. The first-order chi connectivity index (χ1) is 8.84. The molecule has 0 aliphatic rings. The SMILES string of the molecule is CC(Nc1nccc2ccccc12)c1ccco1. The zero-order valence-corrected chi connectivity index (χ0v) is 10.1. The second kappa shape index (κ2) is 4.53. The molecule has 2 heterocycles. The second-order valence-electron chi connectivity index (χ2n) is 4.26. The summed E-state index contributed by atoms with van der Waals surface area (Å²) in [6.45, 7) is 2.06. The predicted octanol–water partition coefficient (Wildman–Crippen LogP) is 4.00. The quantitative estimate of drug-likeness (QED) is 0.749. The summed E-state index contributed by atoms with van der Waals surface area (Å²) in [7, 11) is 0. The number of hydrogen-bond acceptors (Lipinski definition) is 3. The Balaban J connectivity index is 1.95. The predicted molar refractivity (Wildman–Crippen MR) is 72.5 cm³/mol. The van der Waals surface area contributed by atoms with Gasteiger partial charge in [0.05, 0.1) is 12.3 Å². The van der Waals surface area contributed by atoms with Crippen LogP contribution in [0, 0.1) is 0 Å². The summed E-state index contributed by atoms with van der Waals surface area (Å²) >= 11 is 0. The Morgan fingerprint density at radius 2 is 2.00 bits per heavy atom. The van der Waals surface area contributed by atoms with E-state index in [2.05, 4.69) is 29.4 Å². The van der Waals surface area contributed by atoms with Crippen molar-refractivity contribution >= 4 is 16.6 Å². The lowest BCUT2D eigenvalue weighted by atomic mass is 10.1. The van der Waals surface area contributed by atoms with Crippen LogP contribution in [-0.4, -0.2) is 4.98 Å². The molecular formula is C15H14N2O. The number of benzene rings is 1. The van der Waals surface area contributed by atoms with E-state index < -0.39 is 0 Å². The van der Waals surface area contributed by atoms with Crippen LogP contribution >= 0.6 is 0 Å². The molecule has 0 fully saturated rings. The fourth-order valence-corrected chi connectivity index (χ4v) is 2.05. The van der Waals surface area contributed by atoms with Gasteiger partial charge in [0.2, 0.25) is 0 Å². The Kier molecular flexibility index (Phi) is 2.73. The lowest BCUT2D eigenvalue weighted by Crippen LogP contribution is -2.07.